The average Bonchev–Trinajstić information content (AvgIpc) is 2.60. The molecule has 0 aromatic rings. The molecule has 31 heavy (non-hydrogen) atoms. The molecular weight excluding hydrogens is 406 g/mol. The Kier molecular flexibility index (Phi) is 12.1. The van der Waals surface area contributed by atoms with E-state index in [4.69, 9.17) is 19.9 Å². The van der Waals surface area contributed by atoms with Crippen molar-refractivity contribution in [2.75, 3.05) is 13.7 Å². The summed E-state index contributed by atoms with van der Waals surface area (Å²) in [7, 11) is 1.22. The summed E-state index contributed by atoms with van der Waals surface area (Å²) in [6, 6.07) is -2.74. The van der Waals surface area contributed by atoms with Gasteiger partial charge in [-0.05, 0) is 73.8 Å². The van der Waals surface area contributed by atoms with Gasteiger partial charge in [0, 0.05) is 6.42 Å². The number of nitrogens with one attached hydrogen (secondary N) is 2. The number of ether oxygens (including phenoxy) is 3. The van der Waals surface area contributed by atoms with Crippen LogP contribution < -0.4 is 16.4 Å². The molecule has 0 unspecified atom stereocenters. The molecule has 0 saturated carbocycles. The standard InChI is InChI=1S/C21H39N3O7/c1-20(2,3)30-16(25)12-11-15(18(27)31-21(4,5)6)24-19(28)23-14(17(26)29-7)10-8-9-13-22/h14-15H,8-13,22H2,1-7H3,(H2,23,24,28)/t14-,15-/m0/s1. The maximum Gasteiger partial charge on any atom is 0.329 e. The van der Waals surface area contributed by atoms with Crippen molar-refractivity contribution in [2.24, 2.45) is 5.73 Å². The van der Waals surface area contributed by atoms with Crippen molar-refractivity contribution in [1.82, 2.24) is 10.6 Å². The summed E-state index contributed by atoms with van der Waals surface area (Å²) in [4.78, 5) is 49.0. The van der Waals surface area contributed by atoms with Crippen LogP contribution in [0.4, 0.5) is 4.79 Å². The van der Waals surface area contributed by atoms with Crippen molar-refractivity contribution < 1.29 is 33.4 Å². The Morgan fingerprint density at radius 1 is 0.806 bits per heavy atom. The van der Waals surface area contributed by atoms with Crippen molar-refractivity contribution in [2.45, 2.75) is 96.9 Å². The number of esters is 3. The minimum atomic E-state index is -1.10. The van der Waals surface area contributed by atoms with E-state index in [9.17, 15) is 19.2 Å². The molecule has 0 aromatic carbocycles. The fourth-order valence-corrected chi connectivity index (χ4v) is 2.52. The molecule has 0 aromatic heterocycles. The third-order valence-electron chi connectivity index (χ3n) is 3.79. The third kappa shape index (κ3) is 14.3. The SMILES string of the molecule is COC(=O)[C@H](CCCCN)NC(=O)N[C@@H](CCC(=O)OC(C)(C)C)C(=O)OC(C)(C)C. The van der Waals surface area contributed by atoms with Crippen LogP contribution in [0, 0.1) is 0 Å². The number of amides is 2. The monoisotopic (exact) mass is 445 g/mol. The molecule has 0 bridgehead atoms. The highest BCUT2D eigenvalue weighted by Crippen LogP contribution is 2.13. The van der Waals surface area contributed by atoms with Gasteiger partial charge >= 0.3 is 23.9 Å². The lowest BCUT2D eigenvalue weighted by Crippen LogP contribution is -2.52. The van der Waals surface area contributed by atoms with Crippen molar-refractivity contribution in [3.63, 3.8) is 0 Å². The van der Waals surface area contributed by atoms with E-state index in [1.807, 2.05) is 0 Å². The van der Waals surface area contributed by atoms with Crippen molar-refractivity contribution in [3.05, 3.63) is 0 Å². The van der Waals surface area contributed by atoms with Gasteiger partial charge in [-0.1, -0.05) is 0 Å². The Balaban J connectivity index is 5.16. The molecule has 180 valence electrons. The molecule has 0 aliphatic carbocycles. The molecule has 0 spiro atoms. The Hall–Kier alpha value is -2.36. The van der Waals surface area contributed by atoms with E-state index < -0.39 is 47.2 Å². The van der Waals surface area contributed by atoms with E-state index in [2.05, 4.69) is 10.6 Å². The van der Waals surface area contributed by atoms with E-state index in [0.29, 0.717) is 25.8 Å². The number of hydrogen-bond donors (Lipinski definition) is 3. The van der Waals surface area contributed by atoms with E-state index in [0.717, 1.165) is 0 Å². The van der Waals surface area contributed by atoms with Gasteiger partial charge in [0.25, 0.3) is 0 Å². The Morgan fingerprint density at radius 2 is 1.32 bits per heavy atom. The molecule has 4 N–H and O–H groups in total. The summed E-state index contributed by atoms with van der Waals surface area (Å²) < 4.78 is 15.3. The second-order valence-electron chi connectivity index (χ2n) is 9.19. The van der Waals surface area contributed by atoms with Gasteiger partial charge in [-0.2, -0.15) is 0 Å². The minimum Gasteiger partial charge on any atom is -0.467 e. The lowest BCUT2D eigenvalue weighted by molar-refractivity contribution is -0.158. The summed E-state index contributed by atoms with van der Waals surface area (Å²) in [5.74, 6) is -1.80. The first-order valence-corrected chi connectivity index (χ1v) is 10.5. The summed E-state index contributed by atoms with van der Waals surface area (Å²) >= 11 is 0. The molecule has 10 heteroatoms. The van der Waals surface area contributed by atoms with Crippen LogP contribution >= 0.6 is 0 Å². The summed E-state index contributed by atoms with van der Waals surface area (Å²) in [5, 5.41) is 5.00. The lowest BCUT2D eigenvalue weighted by Gasteiger charge is -2.26. The first-order chi connectivity index (χ1) is 14.2. The highest BCUT2D eigenvalue weighted by molar-refractivity contribution is 5.87. The number of rotatable bonds is 11. The van der Waals surface area contributed by atoms with Crippen LogP contribution in [0.1, 0.15) is 73.6 Å². The van der Waals surface area contributed by atoms with E-state index >= 15 is 0 Å². The number of nitrogens with two attached hydrogens (primary N) is 1. The lowest BCUT2D eigenvalue weighted by atomic mass is 10.1. The van der Waals surface area contributed by atoms with Crippen LogP contribution in [0.3, 0.4) is 0 Å². The topological polar surface area (TPSA) is 146 Å². The van der Waals surface area contributed by atoms with Crippen molar-refractivity contribution in [1.29, 1.82) is 0 Å². The Morgan fingerprint density at radius 3 is 1.77 bits per heavy atom. The van der Waals surface area contributed by atoms with E-state index in [-0.39, 0.29) is 12.8 Å². The molecule has 0 rings (SSSR count). The molecule has 0 heterocycles. The van der Waals surface area contributed by atoms with Crippen LogP contribution in [0.2, 0.25) is 0 Å². The smallest absolute Gasteiger partial charge is 0.329 e. The van der Waals surface area contributed by atoms with Gasteiger partial charge in [0.15, 0.2) is 0 Å². The largest absolute Gasteiger partial charge is 0.467 e. The van der Waals surface area contributed by atoms with Crippen molar-refractivity contribution in [3.8, 4) is 0 Å². The zero-order chi connectivity index (χ0) is 24.2. The molecule has 10 nitrogen and oxygen atoms in total. The molecule has 0 aliphatic heterocycles. The maximum absolute atomic E-state index is 12.6. The first kappa shape index (κ1) is 28.6. The predicted molar refractivity (Wildman–Crippen MR) is 115 cm³/mol. The normalized spacial score (nSPS) is 13.5. The minimum absolute atomic E-state index is 0.0205. The second-order valence-corrected chi connectivity index (χ2v) is 9.19. The Labute approximate surface area is 184 Å². The molecule has 2 atom stereocenters. The highest BCUT2D eigenvalue weighted by Gasteiger charge is 2.30. The van der Waals surface area contributed by atoms with Gasteiger partial charge in [-0.15, -0.1) is 0 Å². The highest BCUT2D eigenvalue weighted by atomic mass is 16.6. The third-order valence-corrected chi connectivity index (χ3v) is 3.79. The number of urea groups is 1. The summed E-state index contributed by atoms with van der Waals surface area (Å²) in [5.41, 5.74) is 4.02. The van der Waals surface area contributed by atoms with Crippen LogP contribution in [0.25, 0.3) is 0 Å². The molecule has 0 saturated heterocycles. The molecule has 0 fully saturated rings. The summed E-state index contributed by atoms with van der Waals surface area (Å²) in [6.07, 6.45) is 1.52. The van der Waals surface area contributed by atoms with E-state index in [1.54, 1.807) is 41.5 Å². The van der Waals surface area contributed by atoms with Gasteiger partial charge in [0.2, 0.25) is 0 Å². The summed E-state index contributed by atoms with van der Waals surface area (Å²) in [6.45, 7) is 10.8. The zero-order valence-corrected chi connectivity index (χ0v) is 19.8. The fourth-order valence-electron chi connectivity index (χ4n) is 2.52. The van der Waals surface area contributed by atoms with Gasteiger partial charge in [0.05, 0.1) is 7.11 Å². The predicted octanol–water partition coefficient (Wildman–Crippen LogP) is 1.79. The van der Waals surface area contributed by atoms with Gasteiger partial charge in [-0.25, -0.2) is 14.4 Å². The molecular formula is C21H39N3O7. The quantitative estimate of drug-likeness (QED) is 0.248. The fraction of sp³-hybridized carbons (Fsp3) is 0.810. The number of hydrogen-bond acceptors (Lipinski definition) is 8. The molecule has 0 aliphatic rings. The molecule has 2 amide bonds. The molecule has 0 radical (unpaired) electrons. The van der Waals surface area contributed by atoms with E-state index in [1.165, 1.54) is 7.11 Å². The zero-order valence-electron chi connectivity index (χ0n) is 19.8. The van der Waals surface area contributed by atoms with Gasteiger partial charge < -0.3 is 30.6 Å². The van der Waals surface area contributed by atoms with Crippen LogP contribution in [-0.4, -0.2) is 60.9 Å². The van der Waals surface area contributed by atoms with Crippen LogP contribution in [-0.2, 0) is 28.6 Å². The van der Waals surface area contributed by atoms with Crippen LogP contribution in [0.15, 0.2) is 0 Å². The Bertz CT molecular complexity index is 609. The number of unbranched alkanes of at least 4 members (excludes halogenated alkanes) is 1. The number of carbonyl (C=O) groups is 4. The second kappa shape index (κ2) is 13.1. The first-order valence-electron chi connectivity index (χ1n) is 10.5. The van der Waals surface area contributed by atoms with Gasteiger partial charge in [0.1, 0.15) is 23.3 Å². The maximum atomic E-state index is 12.6. The van der Waals surface area contributed by atoms with Crippen molar-refractivity contribution >= 4 is 23.9 Å². The number of carbonyl (C=O) groups excluding carboxylic acids is 4. The van der Waals surface area contributed by atoms with Gasteiger partial charge in [-0.3, -0.25) is 4.79 Å². The average molecular weight is 446 g/mol. The number of methoxy groups -OCH3 is 1. The van der Waals surface area contributed by atoms with Crippen LogP contribution in [0.5, 0.6) is 0 Å².